The number of β-amino-alcohol motifs (C(OH)–C–C–N with tert-alkyl or cyclic N) is 1. The number of rotatable bonds is 6. The first-order chi connectivity index (χ1) is 12.8. The molecule has 7 nitrogen and oxygen atoms in total. The van der Waals surface area contributed by atoms with Crippen LogP contribution in [0.5, 0.6) is 5.75 Å². The molecule has 1 unspecified atom stereocenters. The third kappa shape index (κ3) is 5.30. The summed E-state index contributed by atoms with van der Waals surface area (Å²) in [6.45, 7) is 7.41. The van der Waals surface area contributed by atoms with Crippen molar-refractivity contribution in [2.75, 3.05) is 31.6 Å². The van der Waals surface area contributed by atoms with Crippen molar-refractivity contribution in [1.29, 1.82) is 0 Å². The largest absolute Gasteiger partial charge is 0.491 e. The maximum absolute atomic E-state index is 12.2. The number of aromatic nitrogens is 1. The van der Waals surface area contributed by atoms with Crippen molar-refractivity contribution < 1.29 is 19.2 Å². The van der Waals surface area contributed by atoms with Gasteiger partial charge in [-0.05, 0) is 63.4 Å². The molecule has 2 N–H and O–H groups in total. The van der Waals surface area contributed by atoms with Crippen molar-refractivity contribution >= 4 is 11.7 Å². The van der Waals surface area contributed by atoms with E-state index in [1.807, 2.05) is 30.0 Å². The van der Waals surface area contributed by atoms with Crippen molar-refractivity contribution in [2.24, 2.45) is 0 Å². The van der Waals surface area contributed by atoms with Gasteiger partial charge in [-0.25, -0.2) is 0 Å². The topological polar surface area (TPSA) is 87.8 Å². The molecular weight excluding hydrogens is 346 g/mol. The SMILES string of the molecule is Cc1cc(NC(=O)CN2CCCC(O)(COc3ccc(C)c(C)c3)C2)no1. The minimum absolute atomic E-state index is 0.178. The fourth-order valence-corrected chi connectivity index (χ4v) is 3.29. The number of nitrogens with one attached hydrogen (secondary N) is 1. The van der Waals surface area contributed by atoms with E-state index in [1.54, 1.807) is 13.0 Å². The molecule has 1 amide bonds. The first-order valence-corrected chi connectivity index (χ1v) is 9.21. The molecule has 27 heavy (non-hydrogen) atoms. The zero-order valence-corrected chi connectivity index (χ0v) is 16.1. The predicted molar refractivity (Wildman–Crippen MR) is 102 cm³/mol. The number of aryl methyl sites for hydroxylation is 3. The number of anilines is 1. The second-order valence-electron chi connectivity index (χ2n) is 7.44. The lowest BCUT2D eigenvalue weighted by Gasteiger charge is -2.38. The number of hydrogen-bond acceptors (Lipinski definition) is 6. The Balaban J connectivity index is 1.52. The highest BCUT2D eigenvalue weighted by molar-refractivity contribution is 5.91. The van der Waals surface area contributed by atoms with E-state index in [1.165, 1.54) is 5.56 Å². The zero-order valence-electron chi connectivity index (χ0n) is 16.1. The Kier molecular flexibility index (Phi) is 5.82. The summed E-state index contributed by atoms with van der Waals surface area (Å²) < 4.78 is 10.8. The molecule has 1 aliphatic rings. The summed E-state index contributed by atoms with van der Waals surface area (Å²) in [5.74, 6) is 1.62. The number of amides is 1. The fourth-order valence-electron chi connectivity index (χ4n) is 3.29. The summed E-state index contributed by atoms with van der Waals surface area (Å²) in [7, 11) is 0. The number of ether oxygens (including phenoxy) is 1. The van der Waals surface area contributed by atoms with Crippen molar-refractivity contribution in [1.82, 2.24) is 10.1 Å². The van der Waals surface area contributed by atoms with Crippen LogP contribution in [-0.2, 0) is 4.79 Å². The average molecular weight is 373 g/mol. The lowest BCUT2D eigenvalue weighted by Crippen LogP contribution is -2.53. The third-order valence-electron chi connectivity index (χ3n) is 4.88. The summed E-state index contributed by atoms with van der Waals surface area (Å²) >= 11 is 0. The number of hydrogen-bond donors (Lipinski definition) is 2. The molecule has 2 heterocycles. The van der Waals surface area contributed by atoms with Crippen LogP contribution in [0.4, 0.5) is 5.82 Å². The number of aliphatic hydroxyl groups is 1. The van der Waals surface area contributed by atoms with Gasteiger partial charge in [-0.3, -0.25) is 9.69 Å². The first kappa shape index (κ1) is 19.4. The minimum atomic E-state index is -0.970. The Labute approximate surface area is 159 Å². The van der Waals surface area contributed by atoms with E-state index in [-0.39, 0.29) is 19.1 Å². The second-order valence-corrected chi connectivity index (χ2v) is 7.44. The van der Waals surface area contributed by atoms with Crippen LogP contribution in [0.25, 0.3) is 0 Å². The molecule has 7 heteroatoms. The molecule has 1 saturated heterocycles. The van der Waals surface area contributed by atoms with Gasteiger partial charge in [-0.2, -0.15) is 0 Å². The summed E-state index contributed by atoms with van der Waals surface area (Å²) in [5.41, 5.74) is 1.39. The molecule has 1 aromatic carbocycles. The van der Waals surface area contributed by atoms with Crippen LogP contribution >= 0.6 is 0 Å². The van der Waals surface area contributed by atoms with Gasteiger partial charge in [0.1, 0.15) is 23.7 Å². The summed E-state index contributed by atoms with van der Waals surface area (Å²) in [5, 5.41) is 17.4. The molecule has 1 aliphatic heterocycles. The lowest BCUT2D eigenvalue weighted by molar-refractivity contribution is -0.119. The quantitative estimate of drug-likeness (QED) is 0.809. The highest BCUT2D eigenvalue weighted by Gasteiger charge is 2.34. The molecule has 3 rings (SSSR count). The number of carbonyl (C=O) groups is 1. The molecule has 1 aromatic heterocycles. The molecule has 2 aromatic rings. The van der Waals surface area contributed by atoms with E-state index in [0.29, 0.717) is 24.5 Å². The van der Waals surface area contributed by atoms with Crippen molar-refractivity contribution in [3.05, 3.63) is 41.2 Å². The van der Waals surface area contributed by atoms with Crippen LogP contribution in [-0.4, -0.2) is 52.9 Å². The number of nitrogens with zero attached hydrogens (tertiary/aromatic N) is 2. The molecule has 0 spiro atoms. The fraction of sp³-hybridized carbons (Fsp3) is 0.500. The summed E-state index contributed by atoms with van der Waals surface area (Å²) in [4.78, 5) is 14.1. The van der Waals surface area contributed by atoms with Crippen molar-refractivity contribution in [3.8, 4) is 5.75 Å². The van der Waals surface area contributed by atoms with E-state index in [4.69, 9.17) is 9.26 Å². The maximum atomic E-state index is 12.2. The number of piperidine rings is 1. The molecule has 146 valence electrons. The van der Waals surface area contributed by atoms with E-state index in [0.717, 1.165) is 24.3 Å². The van der Waals surface area contributed by atoms with E-state index >= 15 is 0 Å². The van der Waals surface area contributed by atoms with Crippen LogP contribution in [0.15, 0.2) is 28.8 Å². The highest BCUT2D eigenvalue weighted by atomic mass is 16.5. The Hall–Kier alpha value is -2.38. The van der Waals surface area contributed by atoms with E-state index in [9.17, 15) is 9.90 Å². The normalized spacial score (nSPS) is 20.4. The van der Waals surface area contributed by atoms with Gasteiger partial charge >= 0.3 is 0 Å². The standard InChI is InChI=1S/C20H27N3O4/c1-14-5-6-17(9-15(14)2)26-13-20(25)7-4-8-23(12-20)11-19(24)21-18-10-16(3)27-22-18/h5-6,9-10,25H,4,7-8,11-13H2,1-3H3,(H,21,22,24). The molecular formula is C20H27N3O4. The van der Waals surface area contributed by atoms with Crippen LogP contribution in [0.1, 0.15) is 29.7 Å². The molecule has 0 radical (unpaired) electrons. The van der Waals surface area contributed by atoms with Gasteiger partial charge in [-0.1, -0.05) is 11.2 Å². The Morgan fingerprint density at radius 2 is 2.15 bits per heavy atom. The minimum Gasteiger partial charge on any atom is -0.491 e. The number of carbonyl (C=O) groups excluding carboxylic acids is 1. The maximum Gasteiger partial charge on any atom is 0.239 e. The predicted octanol–water partition coefficient (Wildman–Crippen LogP) is 2.44. The Morgan fingerprint density at radius 3 is 2.85 bits per heavy atom. The van der Waals surface area contributed by atoms with Crippen molar-refractivity contribution in [2.45, 2.75) is 39.2 Å². The van der Waals surface area contributed by atoms with Gasteiger partial charge in [0.2, 0.25) is 5.91 Å². The first-order valence-electron chi connectivity index (χ1n) is 9.21. The molecule has 1 fully saturated rings. The molecule has 0 bridgehead atoms. The Morgan fingerprint density at radius 1 is 1.33 bits per heavy atom. The van der Waals surface area contributed by atoms with E-state index in [2.05, 4.69) is 17.4 Å². The van der Waals surface area contributed by atoms with Gasteiger partial charge in [0.05, 0.1) is 6.54 Å². The van der Waals surface area contributed by atoms with Crippen molar-refractivity contribution in [3.63, 3.8) is 0 Å². The van der Waals surface area contributed by atoms with Gasteiger partial charge in [0, 0.05) is 12.6 Å². The van der Waals surface area contributed by atoms with Crippen LogP contribution in [0.3, 0.4) is 0 Å². The van der Waals surface area contributed by atoms with Crippen LogP contribution < -0.4 is 10.1 Å². The van der Waals surface area contributed by atoms with E-state index < -0.39 is 5.60 Å². The monoisotopic (exact) mass is 373 g/mol. The summed E-state index contributed by atoms with van der Waals surface area (Å²) in [6, 6.07) is 7.58. The van der Waals surface area contributed by atoms with Gasteiger partial charge < -0.3 is 19.7 Å². The van der Waals surface area contributed by atoms with Crippen LogP contribution in [0.2, 0.25) is 0 Å². The smallest absolute Gasteiger partial charge is 0.239 e. The van der Waals surface area contributed by atoms with Crippen LogP contribution in [0, 0.1) is 20.8 Å². The second kappa shape index (κ2) is 8.10. The molecule has 1 atom stereocenters. The highest BCUT2D eigenvalue weighted by Crippen LogP contribution is 2.24. The van der Waals surface area contributed by atoms with Gasteiger partial charge in [0.25, 0.3) is 0 Å². The van der Waals surface area contributed by atoms with Gasteiger partial charge in [0.15, 0.2) is 5.82 Å². The Bertz CT molecular complexity index is 804. The lowest BCUT2D eigenvalue weighted by atomic mass is 9.93. The zero-order chi connectivity index (χ0) is 19.4. The molecule has 0 saturated carbocycles. The third-order valence-corrected chi connectivity index (χ3v) is 4.88. The molecule has 0 aliphatic carbocycles. The van der Waals surface area contributed by atoms with Gasteiger partial charge in [-0.15, -0.1) is 0 Å². The summed E-state index contributed by atoms with van der Waals surface area (Å²) in [6.07, 6.45) is 1.46. The number of likely N-dealkylation sites (tertiary alicyclic amines) is 1. The number of benzene rings is 1. The average Bonchev–Trinajstić information content (AvgIpc) is 3.01.